The molecule has 0 aliphatic heterocycles. The first kappa shape index (κ1) is 37.2. The van der Waals surface area contributed by atoms with Gasteiger partial charge in [-0.15, -0.1) is 4.99 Å². The maximum absolute atomic E-state index is 12.0. The molecular formula is C32H63N5O2. The van der Waals surface area contributed by atoms with Crippen molar-refractivity contribution in [2.75, 3.05) is 46.9 Å². The van der Waals surface area contributed by atoms with Gasteiger partial charge in [0.05, 0.1) is 6.61 Å². The second kappa shape index (κ2) is 29.2. The van der Waals surface area contributed by atoms with Gasteiger partial charge in [0.2, 0.25) is 12.2 Å². The van der Waals surface area contributed by atoms with Gasteiger partial charge in [-0.05, 0) is 51.7 Å². The molecular weight excluding hydrogens is 486 g/mol. The van der Waals surface area contributed by atoms with Gasteiger partial charge in [-0.3, -0.25) is 4.79 Å². The van der Waals surface area contributed by atoms with Gasteiger partial charge in [0.25, 0.3) is 0 Å². The van der Waals surface area contributed by atoms with Gasteiger partial charge in [-0.1, -0.05) is 104 Å². The number of carbonyl (C=O) groups is 1. The number of hydrogen-bond donors (Lipinski definition) is 1. The molecule has 0 radical (unpaired) electrons. The number of nitriles is 1. The Labute approximate surface area is 242 Å². The molecule has 0 aromatic heterocycles. The van der Waals surface area contributed by atoms with E-state index in [0.29, 0.717) is 19.0 Å². The summed E-state index contributed by atoms with van der Waals surface area (Å²) < 4.78 is 5.41. The molecule has 228 valence electrons. The summed E-state index contributed by atoms with van der Waals surface area (Å²) in [5, 5.41) is 12.1. The van der Waals surface area contributed by atoms with Crippen molar-refractivity contribution in [2.45, 2.75) is 142 Å². The minimum atomic E-state index is -0.0167. The number of guanidine groups is 1. The number of carbonyl (C=O) groups excluding carboxylic acids is 1. The van der Waals surface area contributed by atoms with E-state index in [4.69, 9.17) is 10.00 Å². The summed E-state index contributed by atoms with van der Waals surface area (Å²) in [6.45, 7) is 9.30. The van der Waals surface area contributed by atoms with E-state index in [1.807, 2.05) is 25.2 Å². The van der Waals surface area contributed by atoms with Gasteiger partial charge in [-0.2, -0.15) is 5.26 Å². The fraction of sp³-hybridized carbons (Fsp3) is 0.906. The molecule has 39 heavy (non-hydrogen) atoms. The van der Waals surface area contributed by atoms with Crippen molar-refractivity contribution in [2.24, 2.45) is 4.99 Å². The third-order valence-corrected chi connectivity index (χ3v) is 7.21. The third-order valence-electron chi connectivity index (χ3n) is 7.21. The standard InChI is InChI=1S/C32H63N5O2/c1-5-7-9-11-13-18-22-29-39-31(38)24-19-15-14-17-21-27-37(26-20-16-12-10-8-6-2)28-23-25-34-32(35-30-33)36(3)4/h5-29H2,1-4H3,(H,34,35). The van der Waals surface area contributed by atoms with Gasteiger partial charge in [0, 0.05) is 27.1 Å². The van der Waals surface area contributed by atoms with Crippen LogP contribution in [0, 0.1) is 11.5 Å². The molecule has 0 aromatic rings. The normalized spacial score (nSPS) is 11.5. The monoisotopic (exact) mass is 549 g/mol. The molecule has 0 aliphatic rings. The summed E-state index contributed by atoms with van der Waals surface area (Å²) in [5.41, 5.74) is 0. The molecule has 0 aliphatic carbocycles. The number of nitrogens with one attached hydrogen (secondary N) is 1. The quantitative estimate of drug-likeness (QED) is 0.0372. The molecule has 0 rings (SSSR count). The Hall–Kier alpha value is -1.81. The second-order valence-corrected chi connectivity index (χ2v) is 11.2. The maximum atomic E-state index is 12.0. The highest BCUT2D eigenvalue weighted by Gasteiger charge is 2.07. The van der Waals surface area contributed by atoms with Crippen molar-refractivity contribution in [3.05, 3.63) is 0 Å². The third kappa shape index (κ3) is 26.2. The van der Waals surface area contributed by atoms with Crippen molar-refractivity contribution in [1.82, 2.24) is 15.1 Å². The van der Waals surface area contributed by atoms with E-state index < -0.39 is 0 Å². The fourth-order valence-electron chi connectivity index (χ4n) is 4.75. The number of hydrogen-bond acceptors (Lipinski definition) is 5. The lowest BCUT2D eigenvalue weighted by Crippen LogP contribution is -2.38. The van der Waals surface area contributed by atoms with Crippen LogP contribution in [-0.4, -0.2) is 68.6 Å². The Kier molecular flexibility index (Phi) is 27.8. The van der Waals surface area contributed by atoms with E-state index in [0.717, 1.165) is 45.3 Å². The molecule has 0 fully saturated rings. The SMILES string of the molecule is CCCCCCCCCOC(=O)CCCCCCCN(CCCCCCCC)CCCN/C(=N/C#N)N(C)C. The van der Waals surface area contributed by atoms with E-state index in [-0.39, 0.29) is 5.97 Å². The van der Waals surface area contributed by atoms with E-state index in [9.17, 15) is 4.79 Å². The van der Waals surface area contributed by atoms with E-state index in [1.165, 1.54) is 103 Å². The molecule has 0 saturated carbocycles. The van der Waals surface area contributed by atoms with Gasteiger partial charge in [0.15, 0.2) is 0 Å². The van der Waals surface area contributed by atoms with Crippen molar-refractivity contribution < 1.29 is 9.53 Å². The zero-order valence-corrected chi connectivity index (χ0v) is 26.3. The average molecular weight is 550 g/mol. The molecule has 0 atom stereocenters. The van der Waals surface area contributed by atoms with E-state index >= 15 is 0 Å². The fourth-order valence-corrected chi connectivity index (χ4v) is 4.75. The first-order valence-corrected chi connectivity index (χ1v) is 16.3. The Morgan fingerprint density at radius 1 is 0.718 bits per heavy atom. The van der Waals surface area contributed by atoms with Crippen LogP contribution in [0.25, 0.3) is 0 Å². The number of aliphatic imine (C=N–C) groups is 1. The molecule has 0 bridgehead atoms. The van der Waals surface area contributed by atoms with Crippen LogP contribution in [0.3, 0.4) is 0 Å². The Morgan fingerprint density at radius 3 is 1.74 bits per heavy atom. The lowest BCUT2D eigenvalue weighted by Gasteiger charge is -2.23. The molecule has 1 N–H and O–H groups in total. The Morgan fingerprint density at radius 2 is 1.21 bits per heavy atom. The summed E-state index contributed by atoms with van der Waals surface area (Å²) in [6.07, 6.45) is 25.8. The summed E-state index contributed by atoms with van der Waals surface area (Å²) >= 11 is 0. The first-order chi connectivity index (χ1) is 19.0. The van der Waals surface area contributed by atoms with Gasteiger partial charge < -0.3 is 19.9 Å². The van der Waals surface area contributed by atoms with E-state index in [1.54, 1.807) is 0 Å². The highest BCUT2D eigenvalue weighted by molar-refractivity contribution is 5.80. The van der Waals surface area contributed by atoms with Crippen LogP contribution < -0.4 is 5.32 Å². The Balaban J connectivity index is 4.01. The lowest BCUT2D eigenvalue weighted by molar-refractivity contribution is -0.143. The average Bonchev–Trinajstić information content (AvgIpc) is 2.92. The number of esters is 1. The van der Waals surface area contributed by atoms with Crippen LogP contribution >= 0.6 is 0 Å². The molecule has 0 amide bonds. The molecule has 0 aromatic carbocycles. The maximum Gasteiger partial charge on any atom is 0.305 e. The minimum absolute atomic E-state index is 0.0167. The largest absolute Gasteiger partial charge is 0.466 e. The van der Waals surface area contributed by atoms with Gasteiger partial charge >= 0.3 is 5.97 Å². The van der Waals surface area contributed by atoms with Crippen LogP contribution in [0.1, 0.15) is 142 Å². The van der Waals surface area contributed by atoms with Gasteiger partial charge in [0.1, 0.15) is 0 Å². The summed E-state index contributed by atoms with van der Waals surface area (Å²) in [7, 11) is 3.79. The highest BCUT2D eigenvalue weighted by atomic mass is 16.5. The van der Waals surface area contributed by atoms with Crippen molar-refractivity contribution in [3.63, 3.8) is 0 Å². The lowest BCUT2D eigenvalue weighted by atomic mass is 10.1. The van der Waals surface area contributed by atoms with Crippen LogP contribution in [0.2, 0.25) is 0 Å². The number of unbranched alkanes of at least 4 members (excludes halogenated alkanes) is 15. The zero-order chi connectivity index (χ0) is 28.8. The van der Waals surface area contributed by atoms with Crippen molar-refractivity contribution in [1.29, 1.82) is 5.26 Å². The number of ether oxygens (including phenoxy) is 1. The highest BCUT2D eigenvalue weighted by Crippen LogP contribution is 2.11. The second-order valence-electron chi connectivity index (χ2n) is 11.2. The van der Waals surface area contributed by atoms with Crippen LogP contribution in [-0.2, 0) is 9.53 Å². The number of rotatable bonds is 27. The summed E-state index contributed by atoms with van der Waals surface area (Å²) in [5.74, 6) is 0.610. The molecule has 7 heteroatoms. The number of nitrogens with zero attached hydrogens (tertiary/aromatic N) is 4. The summed E-state index contributed by atoms with van der Waals surface area (Å²) in [6, 6.07) is 0. The molecule has 7 nitrogen and oxygen atoms in total. The topological polar surface area (TPSA) is 81.0 Å². The van der Waals surface area contributed by atoms with Crippen LogP contribution in [0.4, 0.5) is 0 Å². The van der Waals surface area contributed by atoms with Crippen molar-refractivity contribution >= 4 is 11.9 Å². The predicted octanol–water partition coefficient (Wildman–Crippen LogP) is 7.66. The zero-order valence-electron chi connectivity index (χ0n) is 26.3. The predicted molar refractivity (Wildman–Crippen MR) is 166 cm³/mol. The van der Waals surface area contributed by atoms with Crippen LogP contribution in [0.5, 0.6) is 0 Å². The molecule has 0 spiro atoms. The van der Waals surface area contributed by atoms with Crippen LogP contribution in [0.15, 0.2) is 4.99 Å². The van der Waals surface area contributed by atoms with E-state index in [2.05, 4.69) is 29.1 Å². The molecule has 0 unspecified atom stereocenters. The molecule has 0 heterocycles. The summed E-state index contributed by atoms with van der Waals surface area (Å²) in [4.78, 5) is 20.3. The molecule has 0 saturated heterocycles. The van der Waals surface area contributed by atoms with Gasteiger partial charge in [-0.25, -0.2) is 0 Å². The Bertz CT molecular complexity index is 618. The first-order valence-electron chi connectivity index (χ1n) is 16.3. The van der Waals surface area contributed by atoms with Crippen molar-refractivity contribution in [3.8, 4) is 6.19 Å². The smallest absolute Gasteiger partial charge is 0.305 e. The minimum Gasteiger partial charge on any atom is -0.466 e.